The van der Waals surface area contributed by atoms with E-state index >= 15 is 0 Å². The predicted molar refractivity (Wildman–Crippen MR) is 48.0 cm³/mol. The molecule has 0 unspecified atom stereocenters. The zero-order valence-electron chi connectivity index (χ0n) is 8.18. The summed E-state index contributed by atoms with van der Waals surface area (Å²) in [5.41, 5.74) is 0.318. The van der Waals surface area contributed by atoms with Gasteiger partial charge in [0.1, 0.15) is 0 Å². The number of carboxylic acid groups (broad SMARTS) is 1. The Labute approximate surface area is 74.0 Å². The minimum absolute atomic E-state index is 0.119. The van der Waals surface area contributed by atoms with E-state index in [0.29, 0.717) is 6.42 Å². The quantitative estimate of drug-likeness (QED) is 0.704. The highest BCUT2D eigenvalue weighted by molar-refractivity contribution is 5.68. The molecule has 1 aliphatic carbocycles. The van der Waals surface area contributed by atoms with Gasteiger partial charge in [0.2, 0.25) is 0 Å². The number of aliphatic carboxylic acids is 1. The number of carbonyl (C=O) groups is 1. The Kier molecular flexibility index (Phi) is 2.19. The van der Waals surface area contributed by atoms with Crippen molar-refractivity contribution < 1.29 is 9.90 Å². The normalized spacial score (nSPS) is 20.6. The van der Waals surface area contributed by atoms with E-state index in [2.05, 4.69) is 20.8 Å². The van der Waals surface area contributed by atoms with Crippen LogP contribution < -0.4 is 0 Å². The van der Waals surface area contributed by atoms with Crippen LogP contribution in [0.15, 0.2) is 0 Å². The van der Waals surface area contributed by atoms with Gasteiger partial charge < -0.3 is 5.11 Å². The standard InChI is InChI=1S/C10H18O2/c1-4-9(2,3)10(5-6-10)7-8(11)12/h4-7H2,1-3H3,(H,11,12). The van der Waals surface area contributed by atoms with Gasteiger partial charge in [0.25, 0.3) is 0 Å². The molecule has 12 heavy (non-hydrogen) atoms. The summed E-state index contributed by atoms with van der Waals surface area (Å²) in [5, 5.41) is 8.75. The smallest absolute Gasteiger partial charge is 0.303 e. The van der Waals surface area contributed by atoms with E-state index in [9.17, 15) is 4.79 Å². The van der Waals surface area contributed by atoms with E-state index in [1.54, 1.807) is 0 Å². The maximum absolute atomic E-state index is 10.6. The Morgan fingerprint density at radius 2 is 2.00 bits per heavy atom. The third-order valence-electron chi connectivity index (χ3n) is 3.66. The molecule has 1 N–H and O–H groups in total. The van der Waals surface area contributed by atoms with Crippen LogP contribution in [0.3, 0.4) is 0 Å². The van der Waals surface area contributed by atoms with Gasteiger partial charge in [-0.1, -0.05) is 27.2 Å². The number of hydrogen-bond donors (Lipinski definition) is 1. The van der Waals surface area contributed by atoms with E-state index in [-0.39, 0.29) is 10.8 Å². The summed E-state index contributed by atoms with van der Waals surface area (Å²) in [7, 11) is 0. The van der Waals surface area contributed by atoms with Crippen molar-refractivity contribution in [2.24, 2.45) is 10.8 Å². The van der Waals surface area contributed by atoms with Crippen molar-refractivity contribution >= 4 is 5.97 Å². The lowest BCUT2D eigenvalue weighted by molar-refractivity contribution is -0.139. The molecule has 2 heteroatoms. The zero-order chi connectivity index (χ0) is 9.41. The lowest BCUT2D eigenvalue weighted by Gasteiger charge is -2.32. The van der Waals surface area contributed by atoms with Crippen molar-refractivity contribution in [2.45, 2.75) is 46.5 Å². The summed E-state index contributed by atoms with van der Waals surface area (Å²) >= 11 is 0. The van der Waals surface area contributed by atoms with Crippen molar-refractivity contribution in [1.29, 1.82) is 0 Å². The van der Waals surface area contributed by atoms with E-state index in [1.807, 2.05) is 0 Å². The molecule has 0 aromatic carbocycles. The van der Waals surface area contributed by atoms with E-state index < -0.39 is 5.97 Å². The molecule has 0 atom stereocenters. The molecule has 0 saturated heterocycles. The van der Waals surface area contributed by atoms with Crippen molar-refractivity contribution in [1.82, 2.24) is 0 Å². The van der Waals surface area contributed by atoms with Crippen LogP contribution in [0.25, 0.3) is 0 Å². The average Bonchev–Trinajstić information content (AvgIpc) is 2.68. The summed E-state index contributed by atoms with van der Waals surface area (Å²) in [5.74, 6) is -0.644. The van der Waals surface area contributed by atoms with Crippen molar-refractivity contribution in [3.63, 3.8) is 0 Å². The van der Waals surface area contributed by atoms with Crippen LogP contribution >= 0.6 is 0 Å². The van der Waals surface area contributed by atoms with Crippen molar-refractivity contribution in [3.05, 3.63) is 0 Å². The van der Waals surface area contributed by atoms with Crippen molar-refractivity contribution in [3.8, 4) is 0 Å². The number of carboxylic acids is 1. The van der Waals surface area contributed by atoms with Gasteiger partial charge in [-0.3, -0.25) is 4.79 Å². The molecular weight excluding hydrogens is 152 g/mol. The molecule has 0 amide bonds. The first-order valence-electron chi connectivity index (χ1n) is 4.65. The summed E-state index contributed by atoms with van der Waals surface area (Å²) in [6, 6.07) is 0. The van der Waals surface area contributed by atoms with Gasteiger partial charge in [0.15, 0.2) is 0 Å². The van der Waals surface area contributed by atoms with Crippen LogP contribution in [0.1, 0.15) is 46.5 Å². The van der Waals surface area contributed by atoms with Gasteiger partial charge in [0, 0.05) is 0 Å². The van der Waals surface area contributed by atoms with Crippen LogP contribution in [-0.2, 0) is 4.79 Å². The van der Waals surface area contributed by atoms with E-state index in [1.165, 1.54) is 0 Å². The minimum Gasteiger partial charge on any atom is -0.481 e. The first-order chi connectivity index (χ1) is 5.43. The van der Waals surface area contributed by atoms with E-state index in [0.717, 1.165) is 19.3 Å². The summed E-state index contributed by atoms with van der Waals surface area (Å²) in [4.78, 5) is 10.6. The fraction of sp³-hybridized carbons (Fsp3) is 0.900. The van der Waals surface area contributed by atoms with Crippen LogP contribution in [0.2, 0.25) is 0 Å². The largest absolute Gasteiger partial charge is 0.481 e. The van der Waals surface area contributed by atoms with Gasteiger partial charge in [-0.15, -0.1) is 0 Å². The fourth-order valence-corrected chi connectivity index (χ4v) is 1.91. The zero-order valence-corrected chi connectivity index (χ0v) is 8.18. The Bertz CT molecular complexity index is 190. The molecule has 1 rings (SSSR count). The van der Waals surface area contributed by atoms with Crippen LogP contribution in [0.4, 0.5) is 0 Å². The Morgan fingerprint density at radius 3 is 2.25 bits per heavy atom. The molecule has 2 nitrogen and oxygen atoms in total. The Balaban J connectivity index is 2.65. The maximum Gasteiger partial charge on any atom is 0.303 e. The molecule has 1 saturated carbocycles. The highest BCUT2D eigenvalue weighted by atomic mass is 16.4. The van der Waals surface area contributed by atoms with E-state index in [4.69, 9.17) is 5.11 Å². The molecule has 1 fully saturated rings. The summed E-state index contributed by atoms with van der Waals surface area (Å²) < 4.78 is 0. The van der Waals surface area contributed by atoms with Crippen LogP contribution in [-0.4, -0.2) is 11.1 Å². The van der Waals surface area contributed by atoms with Crippen LogP contribution in [0.5, 0.6) is 0 Å². The molecular formula is C10H18O2. The highest BCUT2D eigenvalue weighted by Crippen LogP contribution is 2.62. The molecule has 0 bridgehead atoms. The third kappa shape index (κ3) is 1.47. The maximum atomic E-state index is 10.6. The monoisotopic (exact) mass is 170 g/mol. The highest BCUT2D eigenvalue weighted by Gasteiger charge is 2.54. The first-order valence-corrected chi connectivity index (χ1v) is 4.65. The second-order valence-corrected chi connectivity index (χ2v) is 4.59. The Morgan fingerprint density at radius 1 is 1.50 bits per heavy atom. The van der Waals surface area contributed by atoms with Gasteiger partial charge in [0.05, 0.1) is 6.42 Å². The lowest BCUT2D eigenvalue weighted by atomic mass is 9.72. The Hall–Kier alpha value is -0.530. The molecule has 0 spiro atoms. The first kappa shape index (κ1) is 9.56. The fourth-order valence-electron chi connectivity index (χ4n) is 1.91. The van der Waals surface area contributed by atoms with Crippen LogP contribution in [0, 0.1) is 10.8 Å². The number of rotatable bonds is 4. The van der Waals surface area contributed by atoms with Gasteiger partial charge >= 0.3 is 5.97 Å². The predicted octanol–water partition coefficient (Wildman–Crippen LogP) is 2.68. The molecule has 70 valence electrons. The van der Waals surface area contributed by atoms with Gasteiger partial charge in [-0.25, -0.2) is 0 Å². The molecule has 0 aromatic rings. The third-order valence-corrected chi connectivity index (χ3v) is 3.66. The number of hydrogen-bond acceptors (Lipinski definition) is 1. The SMILES string of the molecule is CCC(C)(C)C1(CC(=O)O)CC1. The van der Waals surface area contributed by atoms with Gasteiger partial charge in [-0.2, -0.15) is 0 Å². The minimum atomic E-state index is -0.644. The summed E-state index contributed by atoms with van der Waals surface area (Å²) in [6.07, 6.45) is 3.62. The lowest BCUT2D eigenvalue weighted by Crippen LogP contribution is -2.27. The second kappa shape index (κ2) is 2.75. The molecule has 0 heterocycles. The summed E-state index contributed by atoms with van der Waals surface area (Å²) in [6.45, 7) is 6.51. The average molecular weight is 170 g/mol. The van der Waals surface area contributed by atoms with Gasteiger partial charge in [-0.05, 0) is 23.7 Å². The molecule has 0 aromatic heterocycles. The molecule has 0 radical (unpaired) electrons. The molecule has 1 aliphatic rings. The molecule has 0 aliphatic heterocycles. The second-order valence-electron chi connectivity index (χ2n) is 4.59. The van der Waals surface area contributed by atoms with Crippen molar-refractivity contribution in [2.75, 3.05) is 0 Å². The topological polar surface area (TPSA) is 37.3 Å².